The Balaban J connectivity index is 1.82. The predicted octanol–water partition coefficient (Wildman–Crippen LogP) is 2.10. The second kappa shape index (κ2) is 7.09. The molecule has 2 rings (SSSR count). The highest BCUT2D eigenvalue weighted by atomic mass is 16.5. The molecule has 104 valence electrons. The van der Waals surface area contributed by atoms with Gasteiger partial charge in [0, 0.05) is 19.3 Å². The van der Waals surface area contributed by atoms with Crippen molar-refractivity contribution in [2.45, 2.75) is 19.8 Å². The summed E-state index contributed by atoms with van der Waals surface area (Å²) in [6, 6.07) is 3.53. The normalized spacial score (nSPS) is 18.9. The highest BCUT2D eigenvalue weighted by Crippen LogP contribution is 2.14. The van der Waals surface area contributed by atoms with Crippen molar-refractivity contribution in [3.8, 4) is 0 Å². The number of ether oxygens (including phenoxy) is 2. The van der Waals surface area contributed by atoms with Gasteiger partial charge in [-0.3, -0.25) is 0 Å². The summed E-state index contributed by atoms with van der Waals surface area (Å²) in [6.45, 7) is 4.71. The van der Waals surface area contributed by atoms with E-state index in [2.05, 4.69) is 10.3 Å². The largest absolute Gasteiger partial charge is 0.462 e. The maximum absolute atomic E-state index is 11.5. The Morgan fingerprint density at radius 3 is 3.11 bits per heavy atom. The zero-order chi connectivity index (χ0) is 13.5. The molecule has 1 unspecified atom stereocenters. The second-order valence-corrected chi connectivity index (χ2v) is 4.62. The number of carbonyl (C=O) groups is 1. The van der Waals surface area contributed by atoms with Crippen molar-refractivity contribution < 1.29 is 14.3 Å². The van der Waals surface area contributed by atoms with Crippen LogP contribution in [0.4, 0.5) is 5.82 Å². The molecule has 1 N–H and O–H groups in total. The lowest BCUT2D eigenvalue weighted by Gasteiger charge is -2.22. The van der Waals surface area contributed by atoms with Gasteiger partial charge in [-0.25, -0.2) is 9.78 Å². The van der Waals surface area contributed by atoms with E-state index in [9.17, 15) is 4.79 Å². The first-order chi connectivity index (χ1) is 9.29. The van der Waals surface area contributed by atoms with Crippen molar-refractivity contribution in [3.05, 3.63) is 23.9 Å². The molecule has 0 bridgehead atoms. The molecule has 1 aliphatic rings. The highest BCUT2D eigenvalue weighted by Gasteiger charge is 2.13. The molecule has 0 aromatic carbocycles. The van der Waals surface area contributed by atoms with E-state index in [0.29, 0.717) is 18.1 Å². The standard InChI is InChI=1S/C14H20N2O3/c1-2-19-14(17)12-5-6-13(16-9-12)15-8-11-4-3-7-18-10-11/h5-6,9,11H,2-4,7-8,10H2,1H3,(H,15,16). The average Bonchev–Trinajstić information content (AvgIpc) is 2.47. The van der Waals surface area contributed by atoms with Gasteiger partial charge in [0.15, 0.2) is 0 Å². The lowest BCUT2D eigenvalue weighted by atomic mass is 10.0. The van der Waals surface area contributed by atoms with Crippen molar-refractivity contribution in [1.29, 1.82) is 0 Å². The van der Waals surface area contributed by atoms with Crippen LogP contribution in [0.2, 0.25) is 0 Å². The van der Waals surface area contributed by atoms with Gasteiger partial charge >= 0.3 is 5.97 Å². The molecule has 1 atom stereocenters. The van der Waals surface area contributed by atoms with Gasteiger partial charge in [0.2, 0.25) is 0 Å². The first-order valence-corrected chi connectivity index (χ1v) is 6.74. The van der Waals surface area contributed by atoms with E-state index in [1.807, 2.05) is 0 Å². The molecule has 1 saturated heterocycles. The van der Waals surface area contributed by atoms with E-state index in [1.54, 1.807) is 19.1 Å². The lowest BCUT2D eigenvalue weighted by Crippen LogP contribution is -2.24. The fourth-order valence-corrected chi connectivity index (χ4v) is 2.05. The fraction of sp³-hybridized carbons (Fsp3) is 0.571. The van der Waals surface area contributed by atoms with Crippen LogP contribution < -0.4 is 5.32 Å². The van der Waals surface area contributed by atoms with Crippen LogP contribution in [0.1, 0.15) is 30.1 Å². The van der Waals surface area contributed by atoms with Crippen molar-refractivity contribution >= 4 is 11.8 Å². The summed E-state index contributed by atoms with van der Waals surface area (Å²) in [5, 5.41) is 3.27. The second-order valence-electron chi connectivity index (χ2n) is 4.62. The summed E-state index contributed by atoms with van der Waals surface area (Å²) in [6.07, 6.45) is 3.85. The van der Waals surface area contributed by atoms with Crippen LogP contribution in [0, 0.1) is 5.92 Å². The number of rotatable bonds is 5. The molecule has 0 aliphatic carbocycles. The van der Waals surface area contributed by atoms with Crippen molar-refractivity contribution in [1.82, 2.24) is 4.98 Å². The maximum Gasteiger partial charge on any atom is 0.339 e. The molecule has 19 heavy (non-hydrogen) atoms. The molecule has 5 nitrogen and oxygen atoms in total. The van der Waals surface area contributed by atoms with Gasteiger partial charge in [-0.2, -0.15) is 0 Å². The number of carbonyl (C=O) groups excluding carboxylic acids is 1. The van der Waals surface area contributed by atoms with Crippen molar-refractivity contribution in [2.24, 2.45) is 5.92 Å². The van der Waals surface area contributed by atoms with Gasteiger partial charge in [0.05, 0.1) is 18.8 Å². The maximum atomic E-state index is 11.5. The SMILES string of the molecule is CCOC(=O)c1ccc(NCC2CCCOC2)nc1. The monoisotopic (exact) mass is 264 g/mol. The molecule has 0 amide bonds. The minimum Gasteiger partial charge on any atom is -0.462 e. The van der Waals surface area contributed by atoms with Crippen LogP contribution in [0.5, 0.6) is 0 Å². The number of pyridine rings is 1. The Morgan fingerprint density at radius 1 is 1.58 bits per heavy atom. The number of hydrogen-bond donors (Lipinski definition) is 1. The van der Waals surface area contributed by atoms with E-state index < -0.39 is 0 Å². The van der Waals surface area contributed by atoms with Crippen LogP contribution in [-0.2, 0) is 9.47 Å². The summed E-state index contributed by atoms with van der Waals surface area (Å²) in [5.41, 5.74) is 0.480. The molecular weight excluding hydrogens is 244 g/mol. The van der Waals surface area contributed by atoms with Gasteiger partial charge in [-0.15, -0.1) is 0 Å². The molecule has 2 heterocycles. The zero-order valence-electron chi connectivity index (χ0n) is 11.2. The molecule has 5 heteroatoms. The van der Waals surface area contributed by atoms with Gasteiger partial charge in [-0.05, 0) is 37.8 Å². The summed E-state index contributed by atoms with van der Waals surface area (Å²) in [7, 11) is 0. The van der Waals surface area contributed by atoms with Crippen LogP contribution in [-0.4, -0.2) is 37.3 Å². The van der Waals surface area contributed by atoms with Crippen LogP contribution in [0.15, 0.2) is 18.3 Å². The Bertz CT molecular complexity index is 400. The molecule has 0 spiro atoms. The van der Waals surface area contributed by atoms with Gasteiger partial charge in [-0.1, -0.05) is 0 Å². The van der Waals surface area contributed by atoms with Crippen molar-refractivity contribution in [3.63, 3.8) is 0 Å². The first-order valence-electron chi connectivity index (χ1n) is 6.74. The summed E-state index contributed by atoms with van der Waals surface area (Å²) >= 11 is 0. The lowest BCUT2D eigenvalue weighted by molar-refractivity contribution is 0.0526. The van der Waals surface area contributed by atoms with E-state index in [4.69, 9.17) is 9.47 Å². The third-order valence-electron chi connectivity index (χ3n) is 3.10. The summed E-state index contributed by atoms with van der Waals surface area (Å²) in [5.74, 6) is 0.987. The first kappa shape index (κ1) is 13.8. The number of nitrogens with one attached hydrogen (secondary N) is 1. The van der Waals surface area contributed by atoms with E-state index in [0.717, 1.165) is 32.0 Å². The molecule has 1 aromatic heterocycles. The Kier molecular flexibility index (Phi) is 5.15. The molecule has 0 radical (unpaired) electrons. The number of hydrogen-bond acceptors (Lipinski definition) is 5. The third kappa shape index (κ3) is 4.21. The highest BCUT2D eigenvalue weighted by molar-refractivity contribution is 5.89. The number of aromatic nitrogens is 1. The summed E-state index contributed by atoms with van der Waals surface area (Å²) < 4.78 is 10.3. The number of esters is 1. The minimum atomic E-state index is -0.331. The quantitative estimate of drug-likeness (QED) is 0.825. The zero-order valence-corrected chi connectivity index (χ0v) is 11.2. The Hall–Kier alpha value is -1.62. The van der Waals surface area contributed by atoms with Crippen LogP contribution in [0.3, 0.4) is 0 Å². The Morgan fingerprint density at radius 2 is 2.47 bits per heavy atom. The van der Waals surface area contributed by atoms with E-state index in [1.165, 1.54) is 12.6 Å². The van der Waals surface area contributed by atoms with E-state index in [-0.39, 0.29) is 5.97 Å². The number of anilines is 1. The topological polar surface area (TPSA) is 60.5 Å². The third-order valence-corrected chi connectivity index (χ3v) is 3.10. The average molecular weight is 264 g/mol. The molecular formula is C14H20N2O3. The van der Waals surface area contributed by atoms with Gasteiger partial charge < -0.3 is 14.8 Å². The Labute approximate surface area is 113 Å². The van der Waals surface area contributed by atoms with Gasteiger partial charge in [0.25, 0.3) is 0 Å². The molecule has 1 aromatic rings. The smallest absolute Gasteiger partial charge is 0.339 e. The predicted molar refractivity (Wildman–Crippen MR) is 72.2 cm³/mol. The van der Waals surface area contributed by atoms with Gasteiger partial charge in [0.1, 0.15) is 5.82 Å². The number of nitrogens with zero attached hydrogens (tertiary/aromatic N) is 1. The van der Waals surface area contributed by atoms with Crippen LogP contribution >= 0.6 is 0 Å². The molecule has 1 aliphatic heterocycles. The molecule has 1 fully saturated rings. The van der Waals surface area contributed by atoms with Crippen molar-refractivity contribution in [2.75, 3.05) is 31.7 Å². The minimum absolute atomic E-state index is 0.331. The summed E-state index contributed by atoms with van der Waals surface area (Å²) in [4.78, 5) is 15.7. The van der Waals surface area contributed by atoms with Crippen LogP contribution in [0.25, 0.3) is 0 Å². The molecule has 0 saturated carbocycles. The van der Waals surface area contributed by atoms with E-state index >= 15 is 0 Å². The fourth-order valence-electron chi connectivity index (χ4n) is 2.05.